The average Bonchev–Trinajstić information content (AvgIpc) is 2.10. The molecule has 0 aliphatic carbocycles. The molecule has 12 heavy (non-hydrogen) atoms. The van der Waals surface area contributed by atoms with Crippen LogP contribution in [0, 0.1) is 4.51 Å². The van der Waals surface area contributed by atoms with E-state index in [9.17, 15) is 8.78 Å². The van der Waals surface area contributed by atoms with Crippen LogP contribution in [-0.4, -0.2) is 17.9 Å². The lowest BCUT2D eigenvalue weighted by molar-refractivity contribution is 0.288. The van der Waals surface area contributed by atoms with Crippen molar-refractivity contribution in [1.82, 2.24) is 4.57 Å². The van der Waals surface area contributed by atoms with Crippen molar-refractivity contribution in [2.24, 2.45) is 0 Å². The lowest BCUT2D eigenvalue weighted by Gasteiger charge is -2.12. The van der Waals surface area contributed by atoms with Crippen LogP contribution >= 0.6 is 12.2 Å². The van der Waals surface area contributed by atoms with Crippen molar-refractivity contribution in [1.29, 1.82) is 0 Å². The molecule has 0 aliphatic heterocycles. The summed E-state index contributed by atoms with van der Waals surface area (Å²) < 4.78 is 26.5. The predicted octanol–water partition coefficient (Wildman–Crippen LogP) is 2.70. The van der Waals surface area contributed by atoms with E-state index in [1.165, 1.54) is 4.57 Å². The van der Waals surface area contributed by atoms with Gasteiger partial charge in [-0.3, -0.25) is 0 Å². The molecule has 0 bridgehead atoms. The molecule has 0 amide bonds. The van der Waals surface area contributed by atoms with E-state index in [4.69, 9.17) is 12.2 Å². The third-order valence-corrected chi connectivity index (χ3v) is 1.87. The van der Waals surface area contributed by atoms with Crippen LogP contribution in [0.3, 0.4) is 0 Å². The molecule has 0 spiro atoms. The fourth-order valence-corrected chi connectivity index (χ4v) is 0.990. The molecule has 1 aromatic rings. The van der Waals surface area contributed by atoms with Gasteiger partial charge in [0.25, 0.3) is 0 Å². The number of rotatable bonds is 3. The van der Waals surface area contributed by atoms with Crippen LogP contribution in [0.4, 0.5) is 8.78 Å². The summed E-state index contributed by atoms with van der Waals surface area (Å²) >= 11 is 4.83. The second-order valence-electron chi connectivity index (χ2n) is 2.44. The largest absolute Gasteiger partial charge is 0.346 e. The van der Waals surface area contributed by atoms with E-state index in [0.717, 1.165) is 0 Å². The van der Waals surface area contributed by atoms with Crippen LogP contribution in [-0.2, 0) is 0 Å². The van der Waals surface area contributed by atoms with E-state index in [1.807, 2.05) is 0 Å². The number of hydrogen-bond donors (Lipinski definition) is 0. The first kappa shape index (κ1) is 9.32. The topological polar surface area (TPSA) is 4.93 Å². The number of aromatic nitrogens is 1. The summed E-state index contributed by atoms with van der Waals surface area (Å²) in [5, 5.41) is 0. The van der Waals surface area contributed by atoms with Crippen molar-refractivity contribution < 1.29 is 8.78 Å². The minimum Gasteiger partial charge on any atom is -0.346 e. The predicted molar refractivity (Wildman–Crippen MR) is 46.3 cm³/mol. The molecule has 0 aromatic carbocycles. The smallest absolute Gasteiger partial charge is 0.113 e. The Hall–Kier alpha value is -0.770. The quantitative estimate of drug-likeness (QED) is 0.662. The van der Waals surface area contributed by atoms with Gasteiger partial charge in [0.15, 0.2) is 0 Å². The van der Waals surface area contributed by atoms with E-state index >= 15 is 0 Å². The molecule has 4 heteroatoms. The molecule has 1 rings (SSSR count). The van der Waals surface area contributed by atoms with Crippen molar-refractivity contribution in [3.8, 4) is 0 Å². The molecule has 0 saturated carbocycles. The highest BCUT2D eigenvalue weighted by atomic mass is 32.1. The third kappa shape index (κ3) is 2.11. The molecule has 0 unspecified atom stereocenters. The first-order valence-electron chi connectivity index (χ1n) is 3.57. The van der Waals surface area contributed by atoms with E-state index in [1.54, 1.807) is 24.5 Å². The van der Waals surface area contributed by atoms with E-state index in [-0.39, 0.29) is 0 Å². The fraction of sp³-hybridized carbons (Fsp3) is 0.375. The van der Waals surface area contributed by atoms with Crippen molar-refractivity contribution in [3.63, 3.8) is 0 Å². The van der Waals surface area contributed by atoms with Crippen molar-refractivity contribution >= 4 is 12.2 Å². The van der Waals surface area contributed by atoms with Gasteiger partial charge in [-0.15, -0.1) is 0 Å². The average molecular weight is 189 g/mol. The van der Waals surface area contributed by atoms with Gasteiger partial charge in [-0.05, 0) is 12.1 Å². The molecule has 66 valence electrons. The minimum absolute atomic E-state index is 0.669. The van der Waals surface area contributed by atoms with E-state index in [0.29, 0.717) is 4.51 Å². The SMILES string of the molecule is FCC(CF)n1ccc(=S)cc1. The van der Waals surface area contributed by atoms with Gasteiger partial charge < -0.3 is 4.57 Å². The highest BCUT2D eigenvalue weighted by molar-refractivity contribution is 7.71. The lowest BCUT2D eigenvalue weighted by Crippen LogP contribution is -2.12. The standard InChI is InChI=1S/C8H9F2NS/c9-5-7(6-10)11-3-1-8(12)2-4-11/h1-4,7H,5-6H2. The number of nitrogens with zero attached hydrogens (tertiary/aromatic N) is 1. The first-order valence-corrected chi connectivity index (χ1v) is 3.98. The van der Waals surface area contributed by atoms with Crippen molar-refractivity contribution in [3.05, 3.63) is 29.0 Å². The van der Waals surface area contributed by atoms with E-state index < -0.39 is 19.4 Å². The summed E-state index contributed by atoms with van der Waals surface area (Å²) in [6.07, 6.45) is 3.18. The maximum atomic E-state index is 12.2. The maximum Gasteiger partial charge on any atom is 0.113 e. The van der Waals surface area contributed by atoms with Gasteiger partial charge in [-0.25, -0.2) is 8.78 Å². The Kier molecular flexibility index (Phi) is 3.34. The molecule has 0 atom stereocenters. The zero-order chi connectivity index (χ0) is 8.97. The summed E-state index contributed by atoms with van der Waals surface area (Å²) in [5.41, 5.74) is 0. The minimum atomic E-state index is -0.708. The van der Waals surface area contributed by atoms with Gasteiger partial charge in [0.2, 0.25) is 0 Å². The van der Waals surface area contributed by atoms with E-state index in [2.05, 4.69) is 0 Å². The van der Waals surface area contributed by atoms with Gasteiger partial charge in [0.05, 0.1) is 6.04 Å². The number of alkyl halides is 2. The fourth-order valence-electron chi connectivity index (χ4n) is 0.868. The van der Waals surface area contributed by atoms with Gasteiger partial charge in [0.1, 0.15) is 13.3 Å². The van der Waals surface area contributed by atoms with Crippen molar-refractivity contribution in [2.45, 2.75) is 6.04 Å². The molecular formula is C8H9F2NS. The van der Waals surface area contributed by atoms with Gasteiger partial charge in [0, 0.05) is 16.9 Å². The first-order chi connectivity index (χ1) is 5.77. The van der Waals surface area contributed by atoms with Crippen LogP contribution in [0.15, 0.2) is 24.5 Å². The maximum absolute atomic E-state index is 12.2. The van der Waals surface area contributed by atoms with Crippen LogP contribution in [0.5, 0.6) is 0 Å². The van der Waals surface area contributed by atoms with Gasteiger partial charge >= 0.3 is 0 Å². The molecule has 0 saturated heterocycles. The monoisotopic (exact) mass is 189 g/mol. The summed E-state index contributed by atoms with van der Waals surface area (Å²) in [6, 6.07) is 2.59. The van der Waals surface area contributed by atoms with Gasteiger partial charge in [-0.1, -0.05) is 12.2 Å². The Morgan fingerprint density at radius 2 is 1.75 bits per heavy atom. The molecular weight excluding hydrogens is 180 g/mol. The van der Waals surface area contributed by atoms with Crippen LogP contribution < -0.4 is 0 Å². The van der Waals surface area contributed by atoms with Gasteiger partial charge in [-0.2, -0.15) is 0 Å². The van der Waals surface area contributed by atoms with Crippen molar-refractivity contribution in [2.75, 3.05) is 13.3 Å². The summed E-state index contributed by atoms with van der Waals surface area (Å²) in [6.45, 7) is -1.39. The highest BCUT2D eigenvalue weighted by Gasteiger charge is 2.06. The number of halogens is 2. The Morgan fingerprint density at radius 1 is 1.25 bits per heavy atom. The molecule has 0 aliphatic rings. The van der Waals surface area contributed by atoms with Crippen LogP contribution in [0.2, 0.25) is 0 Å². The molecule has 0 N–H and O–H groups in total. The summed E-state index contributed by atoms with van der Waals surface area (Å²) in [5.74, 6) is 0. The summed E-state index contributed by atoms with van der Waals surface area (Å²) in [4.78, 5) is 0. The third-order valence-electron chi connectivity index (χ3n) is 1.60. The summed E-state index contributed by atoms with van der Waals surface area (Å²) in [7, 11) is 0. The molecule has 1 heterocycles. The molecule has 1 aromatic heterocycles. The Morgan fingerprint density at radius 3 is 2.17 bits per heavy atom. The zero-order valence-corrected chi connectivity index (χ0v) is 7.23. The lowest BCUT2D eigenvalue weighted by atomic mass is 10.3. The second kappa shape index (κ2) is 4.30. The highest BCUT2D eigenvalue weighted by Crippen LogP contribution is 2.07. The zero-order valence-electron chi connectivity index (χ0n) is 6.41. The molecule has 1 nitrogen and oxygen atoms in total. The van der Waals surface area contributed by atoms with Crippen LogP contribution in [0.25, 0.3) is 0 Å². The van der Waals surface area contributed by atoms with Crippen LogP contribution in [0.1, 0.15) is 6.04 Å². The second-order valence-corrected chi connectivity index (χ2v) is 2.91. The normalized spacial score (nSPS) is 10.6. The number of pyridine rings is 1. The molecule has 0 fully saturated rings. The molecule has 0 radical (unpaired) electrons. The Balaban J connectivity index is 2.87. The Bertz CT molecular complexity index is 273. The Labute approximate surface area is 74.6 Å². The number of hydrogen-bond acceptors (Lipinski definition) is 1.